The Kier molecular flexibility index (Phi) is 5.25. The Labute approximate surface area is 182 Å². The summed E-state index contributed by atoms with van der Waals surface area (Å²) in [6, 6.07) is 7.99. The second-order valence-corrected chi connectivity index (χ2v) is 10.5. The van der Waals surface area contributed by atoms with Crippen molar-refractivity contribution < 1.29 is 9.53 Å². The van der Waals surface area contributed by atoms with Crippen LogP contribution in [0.3, 0.4) is 0 Å². The number of ether oxygens (including phenoxy) is 1. The topological polar surface area (TPSA) is 69.0 Å². The van der Waals surface area contributed by atoms with Crippen molar-refractivity contribution in [3.63, 3.8) is 0 Å². The number of hydrogen-bond acceptors (Lipinski definition) is 5. The van der Waals surface area contributed by atoms with Gasteiger partial charge in [0, 0.05) is 12.1 Å². The number of nitrogens with one attached hydrogen (secondary N) is 1. The van der Waals surface area contributed by atoms with Gasteiger partial charge in [-0.15, -0.1) is 10.2 Å². The van der Waals surface area contributed by atoms with Crippen LogP contribution >= 0.6 is 11.8 Å². The number of nitrogens with zero attached hydrogens (tertiary/aromatic N) is 3. The molecule has 2 aromatic rings. The number of methoxy groups -OCH3 is 1. The molecule has 4 saturated carbocycles. The van der Waals surface area contributed by atoms with E-state index in [1.165, 1.54) is 50.3 Å². The van der Waals surface area contributed by atoms with Gasteiger partial charge in [0.2, 0.25) is 5.91 Å². The molecular formula is C23H30N4O2S. The summed E-state index contributed by atoms with van der Waals surface area (Å²) in [5, 5.41) is 12.3. The predicted molar refractivity (Wildman–Crippen MR) is 117 cm³/mol. The Morgan fingerprint density at radius 3 is 2.63 bits per heavy atom. The lowest BCUT2D eigenvalue weighted by Crippen LogP contribution is -2.56. The molecule has 0 aliphatic heterocycles. The average molecular weight is 427 g/mol. The van der Waals surface area contributed by atoms with E-state index < -0.39 is 0 Å². The SMILES string of the molecule is COc1cccc(-n2cnnc2SCC(=O)NC(C)C23CC4CC(CC(C4)C2)C3)c1. The Morgan fingerprint density at radius 2 is 1.97 bits per heavy atom. The van der Waals surface area contributed by atoms with Crippen molar-refractivity contribution in [1.29, 1.82) is 0 Å². The van der Waals surface area contributed by atoms with Gasteiger partial charge in [0.1, 0.15) is 12.1 Å². The predicted octanol–water partition coefficient (Wildman–Crippen LogP) is 4.09. The first-order valence-electron chi connectivity index (χ1n) is 11.0. The number of benzene rings is 1. The maximum atomic E-state index is 12.8. The molecule has 160 valence electrons. The molecule has 0 saturated heterocycles. The fourth-order valence-corrected chi connectivity index (χ4v) is 7.27. The van der Waals surface area contributed by atoms with Crippen LogP contribution in [-0.2, 0) is 4.79 Å². The van der Waals surface area contributed by atoms with E-state index in [2.05, 4.69) is 22.4 Å². The Bertz CT molecular complexity index is 892. The van der Waals surface area contributed by atoms with Crippen molar-refractivity contribution >= 4 is 17.7 Å². The summed E-state index contributed by atoms with van der Waals surface area (Å²) in [6.45, 7) is 2.23. The van der Waals surface area contributed by atoms with Crippen molar-refractivity contribution in [2.75, 3.05) is 12.9 Å². The molecule has 7 heteroatoms. The first-order valence-corrected chi connectivity index (χ1v) is 12.0. The molecule has 1 N–H and O–H groups in total. The smallest absolute Gasteiger partial charge is 0.230 e. The third-order valence-corrected chi connectivity index (χ3v) is 8.51. The van der Waals surface area contributed by atoms with Crippen LogP contribution in [0.4, 0.5) is 0 Å². The average Bonchev–Trinajstić information content (AvgIpc) is 3.20. The second-order valence-electron chi connectivity index (χ2n) is 9.54. The monoisotopic (exact) mass is 426 g/mol. The highest BCUT2D eigenvalue weighted by atomic mass is 32.2. The Balaban J connectivity index is 1.21. The number of carbonyl (C=O) groups is 1. The van der Waals surface area contributed by atoms with Crippen molar-refractivity contribution in [2.45, 2.75) is 56.6 Å². The van der Waals surface area contributed by atoms with E-state index in [1.54, 1.807) is 13.4 Å². The minimum absolute atomic E-state index is 0.0865. The molecule has 1 aromatic carbocycles. The van der Waals surface area contributed by atoms with Crippen LogP contribution in [0.5, 0.6) is 5.75 Å². The minimum atomic E-state index is 0.0865. The van der Waals surface area contributed by atoms with Gasteiger partial charge in [0.15, 0.2) is 5.16 Å². The van der Waals surface area contributed by atoms with Crippen molar-refractivity contribution in [2.24, 2.45) is 23.2 Å². The van der Waals surface area contributed by atoms with E-state index in [4.69, 9.17) is 4.74 Å². The van der Waals surface area contributed by atoms with E-state index in [0.717, 1.165) is 29.2 Å². The molecule has 4 aliphatic carbocycles. The second kappa shape index (κ2) is 7.91. The minimum Gasteiger partial charge on any atom is -0.497 e. The van der Waals surface area contributed by atoms with Crippen molar-refractivity contribution in [3.05, 3.63) is 30.6 Å². The molecule has 4 bridgehead atoms. The quantitative estimate of drug-likeness (QED) is 0.676. The van der Waals surface area contributed by atoms with Crippen molar-refractivity contribution in [3.8, 4) is 11.4 Å². The highest BCUT2D eigenvalue weighted by molar-refractivity contribution is 7.99. The number of carbonyl (C=O) groups excluding carboxylic acids is 1. The summed E-state index contributed by atoms with van der Waals surface area (Å²) in [4.78, 5) is 12.8. The van der Waals surface area contributed by atoms with E-state index >= 15 is 0 Å². The van der Waals surface area contributed by atoms with Gasteiger partial charge in [-0.05, 0) is 80.8 Å². The van der Waals surface area contributed by atoms with Crippen LogP contribution in [-0.4, -0.2) is 39.6 Å². The molecule has 1 aromatic heterocycles. The molecule has 1 atom stereocenters. The summed E-state index contributed by atoms with van der Waals surface area (Å²) in [7, 11) is 1.65. The highest BCUT2D eigenvalue weighted by Gasteiger charge is 2.53. The molecule has 4 aliphatic rings. The Hall–Kier alpha value is -2.02. The molecule has 1 amide bonds. The number of rotatable bonds is 7. The summed E-state index contributed by atoms with van der Waals surface area (Å²) in [5.74, 6) is 3.89. The third-order valence-electron chi connectivity index (χ3n) is 7.56. The van der Waals surface area contributed by atoms with E-state index in [-0.39, 0.29) is 11.9 Å². The number of hydrogen-bond donors (Lipinski definition) is 1. The molecule has 0 radical (unpaired) electrons. The molecule has 0 spiro atoms. The fourth-order valence-electron chi connectivity index (χ4n) is 6.53. The third kappa shape index (κ3) is 3.72. The maximum Gasteiger partial charge on any atom is 0.230 e. The summed E-state index contributed by atoms with van der Waals surface area (Å²) in [6.07, 6.45) is 9.86. The summed E-state index contributed by atoms with van der Waals surface area (Å²) >= 11 is 1.43. The van der Waals surface area contributed by atoms with Gasteiger partial charge in [0.05, 0.1) is 18.6 Å². The number of thioether (sulfide) groups is 1. The summed E-state index contributed by atoms with van der Waals surface area (Å²) in [5.41, 5.74) is 1.25. The van der Waals surface area contributed by atoms with Gasteiger partial charge >= 0.3 is 0 Å². The Morgan fingerprint density at radius 1 is 1.27 bits per heavy atom. The standard InChI is InChI=1S/C23H30N4O2S/c1-15(23-10-16-6-17(11-23)8-18(7-16)12-23)25-21(28)13-30-22-26-24-14-27(22)19-4-3-5-20(9-19)29-2/h3-5,9,14-18H,6-8,10-13H2,1-2H3,(H,25,28). The normalized spacial score (nSPS) is 30.3. The van der Waals surface area contributed by atoms with E-state index in [9.17, 15) is 4.79 Å². The molecule has 4 fully saturated rings. The molecule has 6 rings (SSSR count). The fraction of sp³-hybridized carbons (Fsp3) is 0.609. The lowest BCUT2D eigenvalue weighted by molar-refractivity contribution is -0.123. The number of amides is 1. The van der Waals surface area contributed by atoms with E-state index in [1.807, 2.05) is 28.8 Å². The zero-order valence-corrected chi connectivity index (χ0v) is 18.5. The largest absolute Gasteiger partial charge is 0.497 e. The lowest BCUT2D eigenvalue weighted by Gasteiger charge is -2.59. The first kappa shape index (κ1) is 19.9. The van der Waals surface area contributed by atoms with Gasteiger partial charge < -0.3 is 10.1 Å². The van der Waals surface area contributed by atoms with Crippen LogP contribution in [0.2, 0.25) is 0 Å². The molecular weight excluding hydrogens is 396 g/mol. The van der Waals surface area contributed by atoms with Crippen LogP contribution in [0.15, 0.2) is 35.7 Å². The van der Waals surface area contributed by atoms with Crippen LogP contribution in [0, 0.1) is 23.2 Å². The molecule has 30 heavy (non-hydrogen) atoms. The van der Waals surface area contributed by atoms with Crippen molar-refractivity contribution in [1.82, 2.24) is 20.1 Å². The lowest BCUT2D eigenvalue weighted by atomic mass is 9.48. The number of aromatic nitrogens is 3. The molecule has 6 nitrogen and oxygen atoms in total. The maximum absolute atomic E-state index is 12.8. The van der Waals surface area contributed by atoms with Gasteiger partial charge in [-0.3, -0.25) is 9.36 Å². The summed E-state index contributed by atoms with van der Waals surface area (Å²) < 4.78 is 7.20. The molecule has 1 unspecified atom stereocenters. The van der Waals surface area contributed by atoms with Gasteiger partial charge in [-0.2, -0.15) is 0 Å². The van der Waals surface area contributed by atoms with Gasteiger partial charge in [0.25, 0.3) is 0 Å². The van der Waals surface area contributed by atoms with E-state index in [0.29, 0.717) is 16.3 Å². The zero-order chi connectivity index (χ0) is 20.7. The zero-order valence-electron chi connectivity index (χ0n) is 17.7. The van der Waals surface area contributed by atoms with Gasteiger partial charge in [-0.25, -0.2) is 0 Å². The first-order chi connectivity index (χ1) is 14.5. The highest BCUT2D eigenvalue weighted by Crippen LogP contribution is 2.61. The van der Waals surface area contributed by atoms with Crippen LogP contribution < -0.4 is 10.1 Å². The van der Waals surface area contributed by atoms with Crippen LogP contribution in [0.25, 0.3) is 5.69 Å². The van der Waals surface area contributed by atoms with Gasteiger partial charge in [-0.1, -0.05) is 17.8 Å². The molecule has 1 heterocycles. The van der Waals surface area contributed by atoms with Crippen LogP contribution in [0.1, 0.15) is 45.4 Å².